The predicted molar refractivity (Wildman–Crippen MR) is 165 cm³/mol. The molecule has 0 bridgehead atoms. The van der Waals surface area contributed by atoms with E-state index in [0.29, 0.717) is 35.4 Å². The molecule has 0 saturated heterocycles. The topological polar surface area (TPSA) is 99.1 Å². The van der Waals surface area contributed by atoms with Crippen molar-refractivity contribution in [1.29, 1.82) is 0 Å². The molecule has 0 saturated carbocycles. The summed E-state index contributed by atoms with van der Waals surface area (Å²) in [5, 5.41) is 9.36. The van der Waals surface area contributed by atoms with E-state index in [1.54, 1.807) is 19.1 Å². The Bertz CT molecular complexity index is 1750. The van der Waals surface area contributed by atoms with Crippen molar-refractivity contribution in [2.45, 2.75) is 25.7 Å². The lowest BCUT2D eigenvalue weighted by Crippen LogP contribution is -2.14. The van der Waals surface area contributed by atoms with Gasteiger partial charge in [-0.15, -0.1) is 0 Å². The minimum absolute atomic E-state index is 0.209. The quantitative estimate of drug-likeness (QED) is 0.143. The van der Waals surface area contributed by atoms with Crippen molar-refractivity contribution in [2.75, 3.05) is 0 Å². The van der Waals surface area contributed by atoms with Crippen molar-refractivity contribution in [2.24, 2.45) is 0 Å². The molecule has 5 aromatic rings. The number of ether oxygens (including phenoxy) is 3. The first kappa shape index (κ1) is 29.8. The van der Waals surface area contributed by atoms with Crippen molar-refractivity contribution >= 4 is 18.9 Å². The largest absolute Gasteiger partial charge is 0.489 e. The smallest absolute Gasteiger partial charge is 0.335 e. The van der Waals surface area contributed by atoms with Crippen LogP contribution in [0.25, 0.3) is 11.1 Å². The summed E-state index contributed by atoms with van der Waals surface area (Å²) >= 11 is 0. The average Bonchev–Trinajstić information content (AvgIpc) is 3.06. The summed E-state index contributed by atoms with van der Waals surface area (Å²) in [5.41, 5.74) is 6.37. The molecule has 7 heteroatoms. The van der Waals surface area contributed by atoms with Gasteiger partial charge in [0.15, 0.2) is 12.2 Å². The highest BCUT2D eigenvalue weighted by Gasteiger charge is 2.26. The molecular formula is C37H30O7. The zero-order chi connectivity index (χ0) is 30.9. The Hall–Kier alpha value is -5.69. The van der Waals surface area contributed by atoms with Crippen LogP contribution >= 0.6 is 0 Å². The third-order valence-electron chi connectivity index (χ3n) is 7.33. The Morgan fingerprint density at radius 3 is 1.89 bits per heavy atom. The minimum atomic E-state index is -0.961. The highest BCUT2D eigenvalue weighted by Crippen LogP contribution is 2.36. The molecule has 0 aliphatic rings. The van der Waals surface area contributed by atoms with Gasteiger partial charge in [-0.1, -0.05) is 97.1 Å². The van der Waals surface area contributed by atoms with E-state index in [-0.39, 0.29) is 12.2 Å². The molecule has 2 atom stereocenters. The fourth-order valence-corrected chi connectivity index (χ4v) is 5.22. The third kappa shape index (κ3) is 6.85. The molecule has 0 aliphatic heterocycles. The Morgan fingerprint density at radius 1 is 0.682 bits per heavy atom. The van der Waals surface area contributed by atoms with Crippen LogP contribution in [-0.4, -0.2) is 24.0 Å². The van der Waals surface area contributed by atoms with Gasteiger partial charge in [0.25, 0.3) is 12.9 Å². The summed E-state index contributed by atoms with van der Waals surface area (Å²) in [6, 6.07) is 37.2. The fraction of sp³-hybridized carbons (Fsp3) is 0.108. The second kappa shape index (κ2) is 14.0. The van der Waals surface area contributed by atoms with Gasteiger partial charge >= 0.3 is 5.97 Å². The molecule has 7 nitrogen and oxygen atoms in total. The van der Waals surface area contributed by atoms with Gasteiger partial charge in [0.2, 0.25) is 0 Å². The number of aryl methyl sites for hydroxylation is 1. The van der Waals surface area contributed by atoms with Gasteiger partial charge in [-0.05, 0) is 64.6 Å². The lowest BCUT2D eigenvalue weighted by Gasteiger charge is -2.25. The standard InChI is InChI=1S/C37H30O7/c1-25-19-30(16-18-32(25)37(40)41)29-13-8-14-31(21-29)42-22-26-15-17-33(35(43-23-38)27-9-4-2-5-10-27)34(20-26)36(44-24-39)28-11-6-3-7-12-28/h2-21,23-24,35-36H,22H2,1H3,(H,40,41). The number of carboxylic acid groups (broad SMARTS) is 1. The first-order valence-electron chi connectivity index (χ1n) is 14.0. The number of benzene rings is 5. The van der Waals surface area contributed by atoms with E-state index in [1.807, 2.05) is 109 Å². The normalized spacial score (nSPS) is 12.0. The maximum absolute atomic E-state index is 11.7. The molecule has 1 N–H and O–H groups in total. The molecule has 0 aromatic heterocycles. The molecular weight excluding hydrogens is 556 g/mol. The molecule has 0 amide bonds. The number of carboxylic acids is 1. The predicted octanol–water partition coefficient (Wildman–Crippen LogP) is 7.46. The van der Waals surface area contributed by atoms with Crippen LogP contribution in [0, 0.1) is 6.92 Å². The van der Waals surface area contributed by atoms with Gasteiger partial charge in [0.05, 0.1) is 5.56 Å². The zero-order valence-electron chi connectivity index (χ0n) is 24.0. The van der Waals surface area contributed by atoms with Crippen molar-refractivity contribution in [3.8, 4) is 16.9 Å². The van der Waals surface area contributed by atoms with Crippen LogP contribution in [-0.2, 0) is 25.7 Å². The summed E-state index contributed by atoms with van der Waals surface area (Å²) in [5.74, 6) is -0.333. The van der Waals surface area contributed by atoms with Crippen LogP contribution in [0.3, 0.4) is 0 Å². The van der Waals surface area contributed by atoms with Gasteiger partial charge in [0.1, 0.15) is 12.4 Å². The van der Waals surface area contributed by atoms with Crippen molar-refractivity contribution in [1.82, 2.24) is 0 Å². The molecule has 0 heterocycles. The van der Waals surface area contributed by atoms with Gasteiger partial charge in [-0.3, -0.25) is 9.59 Å². The summed E-state index contributed by atoms with van der Waals surface area (Å²) in [6.45, 7) is 2.81. The van der Waals surface area contributed by atoms with Gasteiger partial charge in [-0.2, -0.15) is 0 Å². The number of carbonyl (C=O) groups excluding carboxylic acids is 2. The van der Waals surface area contributed by atoms with E-state index in [0.717, 1.165) is 27.8 Å². The Kier molecular flexibility index (Phi) is 9.47. The molecule has 0 radical (unpaired) electrons. The van der Waals surface area contributed by atoms with Crippen LogP contribution in [0.1, 0.15) is 55.9 Å². The second-order valence-electron chi connectivity index (χ2n) is 10.2. The Balaban J connectivity index is 1.48. The average molecular weight is 587 g/mol. The molecule has 2 unspecified atom stereocenters. The molecule has 220 valence electrons. The SMILES string of the molecule is Cc1cc(-c2cccc(OCc3ccc(C(OC=O)c4ccccc4)c(C(OC=O)c4ccccc4)c3)c2)ccc1C(=O)O. The van der Waals surface area contributed by atoms with Crippen molar-refractivity contribution < 1.29 is 33.7 Å². The lowest BCUT2D eigenvalue weighted by molar-refractivity contribution is -0.134. The number of hydrogen-bond donors (Lipinski definition) is 1. The first-order chi connectivity index (χ1) is 21.5. The van der Waals surface area contributed by atoms with E-state index < -0.39 is 18.2 Å². The maximum Gasteiger partial charge on any atom is 0.335 e. The molecule has 44 heavy (non-hydrogen) atoms. The van der Waals surface area contributed by atoms with Gasteiger partial charge in [0, 0.05) is 11.1 Å². The molecule has 0 spiro atoms. The summed E-state index contributed by atoms with van der Waals surface area (Å²) in [7, 11) is 0. The Morgan fingerprint density at radius 2 is 1.30 bits per heavy atom. The van der Waals surface area contributed by atoms with Crippen LogP contribution in [0.5, 0.6) is 5.75 Å². The van der Waals surface area contributed by atoms with Crippen LogP contribution < -0.4 is 4.74 Å². The molecule has 0 aliphatic carbocycles. The van der Waals surface area contributed by atoms with Crippen LogP contribution in [0.4, 0.5) is 0 Å². The van der Waals surface area contributed by atoms with E-state index in [1.165, 1.54) is 0 Å². The monoisotopic (exact) mass is 586 g/mol. The summed E-state index contributed by atoms with van der Waals surface area (Å²) in [4.78, 5) is 34.7. The van der Waals surface area contributed by atoms with Gasteiger partial charge in [-0.25, -0.2) is 4.79 Å². The van der Waals surface area contributed by atoms with E-state index >= 15 is 0 Å². The second-order valence-corrected chi connectivity index (χ2v) is 10.2. The number of hydrogen-bond acceptors (Lipinski definition) is 6. The molecule has 5 aromatic carbocycles. The summed E-state index contributed by atoms with van der Waals surface area (Å²) in [6.07, 6.45) is -1.49. The van der Waals surface area contributed by atoms with E-state index in [9.17, 15) is 19.5 Å². The fourth-order valence-electron chi connectivity index (χ4n) is 5.22. The lowest BCUT2D eigenvalue weighted by atomic mass is 9.89. The first-order valence-corrected chi connectivity index (χ1v) is 14.0. The molecule has 5 rings (SSSR count). The highest BCUT2D eigenvalue weighted by atomic mass is 16.5. The zero-order valence-corrected chi connectivity index (χ0v) is 24.0. The minimum Gasteiger partial charge on any atom is -0.489 e. The summed E-state index contributed by atoms with van der Waals surface area (Å²) < 4.78 is 17.4. The van der Waals surface area contributed by atoms with Crippen molar-refractivity contribution in [3.05, 3.63) is 160 Å². The number of rotatable bonds is 13. The van der Waals surface area contributed by atoms with Crippen LogP contribution in [0.2, 0.25) is 0 Å². The molecule has 0 fully saturated rings. The van der Waals surface area contributed by atoms with Crippen molar-refractivity contribution in [3.63, 3.8) is 0 Å². The van der Waals surface area contributed by atoms with E-state index in [4.69, 9.17) is 14.2 Å². The van der Waals surface area contributed by atoms with E-state index in [2.05, 4.69) is 0 Å². The maximum atomic E-state index is 11.7. The number of carbonyl (C=O) groups is 3. The third-order valence-corrected chi connectivity index (χ3v) is 7.33. The highest BCUT2D eigenvalue weighted by molar-refractivity contribution is 5.90. The Labute approximate surface area is 255 Å². The number of aromatic carboxylic acids is 1. The van der Waals surface area contributed by atoms with Gasteiger partial charge < -0.3 is 19.3 Å². The van der Waals surface area contributed by atoms with Crippen LogP contribution in [0.15, 0.2) is 121 Å².